The number of fused-ring (bicyclic) bond motifs is 1. The molecule has 1 heterocycles. The first-order valence-electron chi connectivity index (χ1n) is 4.52. The zero-order chi connectivity index (χ0) is 8.28. The smallest absolute Gasteiger partial charge is 0.0456 e. The highest BCUT2D eigenvalue weighted by Gasteiger charge is 2.67. The van der Waals surface area contributed by atoms with E-state index in [4.69, 9.17) is 0 Å². The van der Waals surface area contributed by atoms with E-state index in [9.17, 15) is 0 Å². The van der Waals surface area contributed by atoms with Gasteiger partial charge in [0.2, 0.25) is 0 Å². The summed E-state index contributed by atoms with van der Waals surface area (Å²) in [7, 11) is 0. The summed E-state index contributed by atoms with van der Waals surface area (Å²) < 4.78 is 0. The molecule has 0 aromatic carbocycles. The molecule has 0 spiro atoms. The first kappa shape index (κ1) is 7.20. The van der Waals surface area contributed by atoms with Crippen molar-refractivity contribution in [2.24, 2.45) is 11.3 Å². The Morgan fingerprint density at radius 2 is 2.27 bits per heavy atom. The maximum absolute atomic E-state index is 4.05. The summed E-state index contributed by atoms with van der Waals surface area (Å²) in [6.07, 6.45) is 2.63. The second kappa shape index (κ2) is 1.65. The zero-order valence-electron chi connectivity index (χ0n) is 7.70. The van der Waals surface area contributed by atoms with E-state index in [1.807, 2.05) is 0 Å². The minimum atomic E-state index is 0.394. The van der Waals surface area contributed by atoms with Crippen LogP contribution in [0.5, 0.6) is 0 Å². The molecule has 2 fully saturated rings. The van der Waals surface area contributed by atoms with Gasteiger partial charge in [-0.25, -0.2) is 0 Å². The molecule has 3 atom stereocenters. The third kappa shape index (κ3) is 0.512. The lowest BCUT2D eigenvalue weighted by molar-refractivity contribution is -0.110. The molecule has 2 rings (SSSR count). The summed E-state index contributed by atoms with van der Waals surface area (Å²) in [5, 5.41) is 3.43. The molecular weight excluding hydrogens is 134 g/mol. The van der Waals surface area contributed by atoms with E-state index in [0.29, 0.717) is 11.0 Å². The summed E-state index contributed by atoms with van der Waals surface area (Å²) in [5.74, 6) is 0.876. The van der Waals surface area contributed by atoms with Crippen molar-refractivity contribution in [1.29, 1.82) is 0 Å². The van der Waals surface area contributed by atoms with Crippen molar-refractivity contribution >= 4 is 0 Å². The summed E-state index contributed by atoms with van der Waals surface area (Å²) in [5.41, 5.74) is 2.07. The van der Waals surface area contributed by atoms with Gasteiger partial charge in [-0.3, -0.25) is 0 Å². The van der Waals surface area contributed by atoms with Crippen LogP contribution in [0, 0.1) is 11.3 Å². The Hall–Kier alpha value is -0.460. The topological polar surface area (TPSA) is 12.0 Å². The molecule has 11 heavy (non-hydrogen) atoms. The van der Waals surface area contributed by atoms with Crippen LogP contribution in [-0.2, 0) is 0 Å². The van der Waals surface area contributed by atoms with Crippen molar-refractivity contribution in [2.45, 2.75) is 39.2 Å². The van der Waals surface area contributed by atoms with E-state index in [-0.39, 0.29) is 0 Å². The lowest BCUT2D eigenvalue weighted by Gasteiger charge is -2.72. The molecule has 1 nitrogen and oxygen atoms in total. The van der Waals surface area contributed by atoms with Gasteiger partial charge < -0.3 is 5.32 Å². The van der Waals surface area contributed by atoms with Crippen LogP contribution in [0.2, 0.25) is 0 Å². The van der Waals surface area contributed by atoms with Crippen molar-refractivity contribution in [3.63, 3.8) is 0 Å². The quantitative estimate of drug-likeness (QED) is 0.606. The van der Waals surface area contributed by atoms with Gasteiger partial charge in [0, 0.05) is 16.7 Å². The van der Waals surface area contributed by atoms with Crippen LogP contribution in [0.1, 0.15) is 33.6 Å². The average molecular weight is 151 g/mol. The molecule has 1 saturated heterocycles. The van der Waals surface area contributed by atoms with Gasteiger partial charge in [-0.2, -0.15) is 0 Å². The van der Waals surface area contributed by atoms with Crippen LogP contribution in [0.25, 0.3) is 0 Å². The molecule has 1 saturated carbocycles. The normalized spacial score (nSPS) is 53.7. The first-order chi connectivity index (χ1) is 5.04. The summed E-state index contributed by atoms with van der Waals surface area (Å²) in [6.45, 7) is 11.0. The summed E-state index contributed by atoms with van der Waals surface area (Å²) in [4.78, 5) is 0. The molecular formula is C10H17N. The van der Waals surface area contributed by atoms with Crippen molar-refractivity contribution in [1.82, 2.24) is 5.32 Å². The maximum Gasteiger partial charge on any atom is 0.0456 e. The Morgan fingerprint density at radius 1 is 1.64 bits per heavy atom. The van der Waals surface area contributed by atoms with Gasteiger partial charge >= 0.3 is 0 Å². The predicted octanol–water partition coefficient (Wildman–Crippen LogP) is 2.30. The lowest BCUT2D eigenvalue weighted by atomic mass is 9.42. The number of piperidine rings is 1. The van der Waals surface area contributed by atoms with Gasteiger partial charge in [-0.15, -0.1) is 0 Å². The Labute approximate surface area is 68.9 Å². The molecule has 0 amide bonds. The fourth-order valence-electron chi connectivity index (χ4n) is 2.94. The molecule has 62 valence electrons. The van der Waals surface area contributed by atoms with Gasteiger partial charge in [-0.05, 0) is 19.3 Å². The third-order valence-electron chi connectivity index (χ3n) is 4.16. The van der Waals surface area contributed by atoms with Crippen molar-refractivity contribution < 1.29 is 0 Å². The summed E-state index contributed by atoms with van der Waals surface area (Å²) >= 11 is 0. The molecule has 0 aromatic rings. The number of hydrogen-bond acceptors (Lipinski definition) is 1. The zero-order valence-corrected chi connectivity index (χ0v) is 7.70. The Kier molecular flexibility index (Phi) is 1.08. The molecule has 0 aromatic heterocycles. The van der Waals surface area contributed by atoms with Crippen LogP contribution in [-0.4, -0.2) is 5.54 Å². The number of hydrogen-bond donors (Lipinski definition) is 1. The average Bonchev–Trinajstić information content (AvgIpc) is 1.99. The van der Waals surface area contributed by atoms with Crippen molar-refractivity contribution in [3.05, 3.63) is 12.3 Å². The van der Waals surface area contributed by atoms with Crippen LogP contribution in [0.4, 0.5) is 0 Å². The molecule has 1 N–H and O–H groups in total. The van der Waals surface area contributed by atoms with E-state index in [2.05, 4.69) is 32.7 Å². The SMILES string of the molecule is C=C1NC2(C)CC(CC)C12C. The van der Waals surface area contributed by atoms with Gasteiger partial charge in [0.25, 0.3) is 0 Å². The highest BCUT2D eigenvalue weighted by atomic mass is 15.2. The number of rotatable bonds is 1. The lowest BCUT2D eigenvalue weighted by Crippen LogP contribution is -2.78. The van der Waals surface area contributed by atoms with E-state index in [1.165, 1.54) is 18.5 Å². The summed E-state index contributed by atoms with van der Waals surface area (Å²) in [6, 6.07) is 0. The second-order valence-electron chi connectivity index (χ2n) is 4.45. The fourth-order valence-corrected chi connectivity index (χ4v) is 2.94. The first-order valence-corrected chi connectivity index (χ1v) is 4.52. The second-order valence-corrected chi connectivity index (χ2v) is 4.45. The van der Waals surface area contributed by atoms with E-state index < -0.39 is 0 Å². The molecule has 2 aliphatic rings. The highest BCUT2D eigenvalue weighted by Crippen LogP contribution is 2.65. The largest absolute Gasteiger partial charge is 0.382 e. The molecule has 1 heteroatoms. The predicted molar refractivity (Wildman–Crippen MR) is 47.2 cm³/mol. The van der Waals surface area contributed by atoms with Crippen LogP contribution < -0.4 is 5.32 Å². The Balaban J connectivity index is 2.24. The minimum Gasteiger partial charge on any atom is -0.382 e. The maximum atomic E-state index is 4.05. The number of nitrogens with one attached hydrogen (secondary N) is 1. The third-order valence-corrected chi connectivity index (χ3v) is 4.16. The van der Waals surface area contributed by atoms with Crippen LogP contribution >= 0.6 is 0 Å². The minimum absolute atomic E-state index is 0.394. The van der Waals surface area contributed by atoms with E-state index in [1.54, 1.807) is 0 Å². The van der Waals surface area contributed by atoms with Gasteiger partial charge in [-0.1, -0.05) is 26.8 Å². The fraction of sp³-hybridized carbons (Fsp3) is 0.800. The van der Waals surface area contributed by atoms with Crippen molar-refractivity contribution in [3.8, 4) is 0 Å². The van der Waals surface area contributed by atoms with Crippen molar-refractivity contribution in [2.75, 3.05) is 0 Å². The van der Waals surface area contributed by atoms with Crippen LogP contribution in [0.3, 0.4) is 0 Å². The monoisotopic (exact) mass is 151 g/mol. The molecule has 1 aliphatic heterocycles. The molecule has 3 unspecified atom stereocenters. The van der Waals surface area contributed by atoms with E-state index in [0.717, 1.165) is 5.92 Å². The standard InChI is InChI=1S/C10H17N/c1-5-8-6-9(3)10(8,4)7(2)11-9/h8,11H,2,5-6H2,1,3-4H3. The molecule has 1 aliphatic carbocycles. The van der Waals surface area contributed by atoms with Gasteiger partial charge in [0.05, 0.1) is 0 Å². The van der Waals surface area contributed by atoms with E-state index >= 15 is 0 Å². The Bertz CT molecular complexity index is 221. The van der Waals surface area contributed by atoms with Crippen LogP contribution in [0.15, 0.2) is 12.3 Å². The van der Waals surface area contributed by atoms with Gasteiger partial charge in [0.1, 0.15) is 0 Å². The Morgan fingerprint density at radius 3 is 2.55 bits per heavy atom. The molecule has 0 radical (unpaired) electrons. The molecule has 0 bridgehead atoms. The van der Waals surface area contributed by atoms with Gasteiger partial charge in [0.15, 0.2) is 0 Å². The highest BCUT2D eigenvalue weighted by molar-refractivity contribution is 5.37.